The lowest BCUT2D eigenvalue weighted by Gasteiger charge is -2.23. The van der Waals surface area contributed by atoms with Crippen molar-refractivity contribution in [3.05, 3.63) is 35.9 Å². The van der Waals surface area contributed by atoms with Crippen molar-refractivity contribution in [3.63, 3.8) is 0 Å². The van der Waals surface area contributed by atoms with E-state index < -0.39 is 79.1 Å². The Balaban J connectivity index is 2.91. The van der Waals surface area contributed by atoms with E-state index in [9.17, 15) is 39.0 Å². The van der Waals surface area contributed by atoms with Crippen molar-refractivity contribution in [2.45, 2.75) is 43.4 Å². The van der Waals surface area contributed by atoms with Gasteiger partial charge in [-0.15, -0.1) is 0 Å². The van der Waals surface area contributed by atoms with E-state index >= 15 is 0 Å². The summed E-state index contributed by atoms with van der Waals surface area (Å²) >= 11 is 0. The molecule has 34 heavy (non-hydrogen) atoms. The number of aliphatic carboxylic acids is 1. The molecule has 1 rings (SSSR count). The third kappa shape index (κ3) is 9.62. The van der Waals surface area contributed by atoms with E-state index in [1.54, 1.807) is 30.3 Å². The molecule has 4 unspecified atom stereocenters. The van der Waals surface area contributed by atoms with Crippen LogP contribution in [-0.4, -0.2) is 76.5 Å². The zero-order valence-electron chi connectivity index (χ0n) is 18.1. The zero-order chi connectivity index (χ0) is 25.8. The van der Waals surface area contributed by atoms with Crippen molar-refractivity contribution in [1.82, 2.24) is 16.0 Å². The van der Waals surface area contributed by atoms with Crippen LogP contribution in [-0.2, 0) is 35.2 Å². The Bertz CT molecular complexity index is 910. The number of nitrogens with one attached hydrogen (secondary N) is 3. The molecule has 0 bridgehead atoms. The summed E-state index contributed by atoms with van der Waals surface area (Å²) in [6.45, 7) is -0.919. The molecule has 4 atom stereocenters. The highest BCUT2D eigenvalue weighted by molar-refractivity contribution is 5.96. The van der Waals surface area contributed by atoms with Gasteiger partial charge < -0.3 is 43.4 Å². The molecule has 14 heteroatoms. The van der Waals surface area contributed by atoms with Crippen LogP contribution in [0.25, 0.3) is 0 Å². The summed E-state index contributed by atoms with van der Waals surface area (Å²) in [6, 6.07) is 2.43. The predicted molar refractivity (Wildman–Crippen MR) is 116 cm³/mol. The molecule has 0 radical (unpaired) electrons. The average molecular weight is 480 g/mol. The molecule has 0 aliphatic rings. The van der Waals surface area contributed by atoms with Crippen molar-refractivity contribution in [2.24, 2.45) is 17.2 Å². The Labute approximate surface area is 194 Å². The molecule has 11 N–H and O–H groups in total. The first-order valence-electron chi connectivity index (χ1n) is 10.1. The fourth-order valence-electron chi connectivity index (χ4n) is 2.79. The molecule has 0 heterocycles. The summed E-state index contributed by atoms with van der Waals surface area (Å²) in [5, 5.41) is 25.4. The number of aliphatic hydroxyl groups excluding tert-OH is 1. The summed E-state index contributed by atoms with van der Waals surface area (Å²) in [5.41, 5.74) is 16.2. The lowest BCUT2D eigenvalue weighted by Crippen LogP contribution is -2.59. The first kappa shape index (κ1) is 28.0. The molecule has 0 fully saturated rings. The number of nitrogens with two attached hydrogens (primary N) is 3. The number of rotatable bonds is 14. The third-order valence-corrected chi connectivity index (χ3v) is 4.51. The minimum absolute atomic E-state index is 0.0772. The first-order chi connectivity index (χ1) is 15.9. The van der Waals surface area contributed by atoms with Crippen LogP contribution in [0.15, 0.2) is 30.3 Å². The second-order valence-electron chi connectivity index (χ2n) is 7.34. The van der Waals surface area contributed by atoms with Crippen molar-refractivity contribution in [3.8, 4) is 0 Å². The Kier molecular flexibility index (Phi) is 11.1. The van der Waals surface area contributed by atoms with Crippen LogP contribution in [0.4, 0.5) is 0 Å². The van der Waals surface area contributed by atoms with Crippen LogP contribution in [0, 0.1) is 0 Å². The lowest BCUT2D eigenvalue weighted by atomic mass is 10.0. The summed E-state index contributed by atoms with van der Waals surface area (Å²) in [7, 11) is 0. The van der Waals surface area contributed by atoms with Gasteiger partial charge in [-0.3, -0.25) is 24.0 Å². The maximum Gasteiger partial charge on any atom is 0.326 e. The van der Waals surface area contributed by atoms with E-state index in [-0.39, 0.29) is 6.42 Å². The number of amides is 5. The highest BCUT2D eigenvalue weighted by Crippen LogP contribution is 2.05. The zero-order valence-corrected chi connectivity index (χ0v) is 18.1. The van der Waals surface area contributed by atoms with Crippen LogP contribution >= 0.6 is 0 Å². The van der Waals surface area contributed by atoms with Gasteiger partial charge in [0.1, 0.15) is 18.1 Å². The van der Waals surface area contributed by atoms with E-state index in [2.05, 4.69) is 16.0 Å². The Morgan fingerprint density at radius 3 is 1.76 bits per heavy atom. The largest absolute Gasteiger partial charge is 0.480 e. The van der Waals surface area contributed by atoms with Gasteiger partial charge in [0, 0.05) is 6.42 Å². The molecular weight excluding hydrogens is 452 g/mol. The number of carbonyl (C=O) groups excluding carboxylic acids is 5. The number of carbonyl (C=O) groups is 6. The average Bonchev–Trinajstić information content (AvgIpc) is 2.75. The van der Waals surface area contributed by atoms with Crippen LogP contribution in [0.5, 0.6) is 0 Å². The summed E-state index contributed by atoms with van der Waals surface area (Å²) in [6.07, 6.45) is -1.29. The number of carboxylic acid groups (broad SMARTS) is 1. The van der Waals surface area contributed by atoms with Gasteiger partial charge in [-0.05, 0) is 5.56 Å². The number of benzene rings is 1. The normalized spacial score (nSPS) is 14.1. The van der Waals surface area contributed by atoms with E-state index in [1.807, 2.05) is 0 Å². The molecular formula is C20H28N6O8. The minimum Gasteiger partial charge on any atom is -0.480 e. The second kappa shape index (κ2) is 13.5. The number of primary amides is 2. The Morgan fingerprint density at radius 1 is 0.765 bits per heavy atom. The van der Waals surface area contributed by atoms with E-state index in [0.29, 0.717) is 5.56 Å². The van der Waals surface area contributed by atoms with Gasteiger partial charge in [-0.25, -0.2) is 4.79 Å². The molecule has 186 valence electrons. The van der Waals surface area contributed by atoms with Crippen molar-refractivity contribution in [1.29, 1.82) is 0 Å². The van der Waals surface area contributed by atoms with Crippen LogP contribution in [0.3, 0.4) is 0 Å². The number of aliphatic hydroxyl groups is 1. The molecule has 0 saturated carbocycles. The fourth-order valence-corrected chi connectivity index (χ4v) is 2.79. The molecule has 0 aromatic heterocycles. The van der Waals surface area contributed by atoms with Gasteiger partial charge >= 0.3 is 5.97 Å². The van der Waals surface area contributed by atoms with Gasteiger partial charge in [0.25, 0.3) is 0 Å². The van der Waals surface area contributed by atoms with Gasteiger partial charge in [0.05, 0.1) is 25.5 Å². The molecule has 1 aromatic rings. The van der Waals surface area contributed by atoms with E-state index in [0.717, 1.165) is 0 Å². The lowest BCUT2D eigenvalue weighted by molar-refractivity contribution is -0.142. The van der Waals surface area contributed by atoms with Gasteiger partial charge in [-0.1, -0.05) is 30.3 Å². The summed E-state index contributed by atoms with van der Waals surface area (Å²) < 4.78 is 0. The van der Waals surface area contributed by atoms with Crippen molar-refractivity contribution < 1.29 is 39.0 Å². The van der Waals surface area contributed by atoms with Gasteiger partial charge in [-0.2, -0.15) is 0 Å². The standard InChI is InChI=1S/C20H28N6O8/c21-11(7-15(22)28)17(30)26-14(9-27)19(32)24-12(8-16(23)29)18(31)25-13(20(33)34)6-10-4-2-1-3-5-10/h1-5,11-14,27H,6-9,21H2,(H2,22,28)(H2,23,29)(H,24,32)(H,25,31)(H,26,30)(H,33,34). The number of carboxylic acids is 1. The van der Waals surface area contributed by atoms with Crippen molar-refractivity contribution >= 4 is 35.5 Å². The number of hydrogen-bond donors (Lipinski definition) is 8. The smallest absolute Gasteiger partial charge is 0.326 e. The maximum absolute atomic E-state index is 12.7. The Hall–Kier alpha value is -4.04. The SMILES string of the molecule is NC(=O)CC(N)C(=O)NC(CO)C(=O)NC(CC(N)=O)C(=O)NC(Cc1ccccc1)C(=O)O. The van der Waals surface area contributed by atoms with Crippen LogP contribution in [0.1, 0.15) is 18.4 Å². The minimum atomic E-state index is -1.60. The third-order valence-electron chi connectivity index (χ3n) is 4.51. The topological polar surface area (TPSA) is 257 Å². The van der Waals surface area contributed by atoms with Crippen molar-refractivity contribution in [2.75, 3.05) is 6.61 Å². The summed E-state index contributed by atoms with van der Waals surface area (Å²) in [4.78, 5) is 71.0. The molecule has 5 amide bonds. The van der Waals surface area contributed by atoms with E-state index in [1.165, 1.54) is 0 Å². The first-order valence-corrected chi connectivity index (χ1v) is 10.1. The quantitative estimate of drug-likeness (QED) is 0.128. The summed E-state index contributed by atoms with van der Waals surface area (Å²) in [5.74, 6) is -6.29. The fraction of sp³-hybridized carbons (Fsp3) is 0.400. The van der Waals surface area contributed by atoms with Gasteiger partial charge in [0.15, 0.2) is 0 Å². The molecule has 0 saturated heterocycles. The molecule has 0 spiro atoms. The molecule has 0 aliphatic carbocycles. The second-order valence-corrected chi connectivity index (χ2v) is 7.34. The highest BCUT2D eigenvalue weighted by atomic mass is 16.4. The molecule has 1 aromatic carbocycles. The van der Waals surface area contributed by atoms with Gasteiger partial charge in [0.2, 0.25) is 29.5 Å². The number of hydrogen-bond acceptors (Lipinski definition) is 8. The van der Waals surface area contributed by atoms with Crippen LogP contribution < -0.4 is 33.2 Å². The van der Waals surface area contributed by atoms with Crippen LogP contribution in [0.2, 0.25) is 0 Å². The molecule has 0 aliphatic heterocycles. The highest BCUT2D eigenvalue weighted by Gasteiger charge is 2.31. The molecule has 14 nitrogen and oxygen atoms in total. The monoisotopic (exact) mass is 480 g/mol. The Morgan fingerprint density at radius 2 is 1.26 bits per heavy atom. The van der Waals surface area contributed by atoms with E-state index in [4.69, 9.17) is 17.2 Å². The predicted octanol–water partition coefficient (Wildman–Crippen LogP) is -4.16. The maximum atomic E-state index is 12.7.